The lowest BCUT2D eigenvalue weighted by atomic mass is 10.00. The van der Waals surface area contributed by atoms with Crippen LogP contribution in [-0.4, -0.2) is 37.7 Å². The minimum Gasteiger partial charge on any atom is -0.334 e. The Labute approximate surface area is 155 Å². The lowest BCUT2D eigenvalue weighted by Crippen LogP contribution is -2.42. The lowest BCUT2D eigenvalue weighted by Gasteiger charge is -2.32. The summed E-state index contributed by atoms with van der Waals surface area (Å²) in [5.41, 5.74) is 3.35. The van der Waals surface area contributed by atoms with Crippen LogP contribution in [0, 0.1) is 6.92 Å². The Kier molecular flexibility index (Phi) is 3.73. The first-order valence-electron chi connectivity index (χ1n) is 9.82. The summed E-state index contributed by atoms with van der Waals surface area (Å²) >= 11 is 0. The van der Waals surface area contributed by atoms with Gasteiger partial charge in [-0.3, -0.25) is 4.79 Å². The molecule has 1 saturated heterocycles. The minimum absolute atomic E-state index is 0.0830. The Morgan fingerprint density at radius 2 is 1.96 bits per heavy atom. The van der Waals surface area contributed by atoms with Crippen molar-refractivity contribution in [3.8, 4) is 0 Å². The van der Waals surface area contributed by atoms with Gasteiger partial charge in [-0.2, -0.15) is 5.10 Å². The molecule has 2 aromatic heterocycles. The van der Waals surface area contributed by atoms with E-state index < -0.39 is 0 Å². The Morgan fingerprint density at radius 1 is 1.27 bits per heavy atom. The molecule has 5 heteroatoms. The molecule has 0 unspecified atom stereocenters. The first kappa shape index (κ1) is 17.5. The zero-order chi connectivity index (χ0) is 18.9. The summed E-state index contributed by atoms with van der Waals surface area (Å²) in [5.74, 6) is 0.638. The van der Waals surface area contributed by atoms with Gasteiger partial charge < -0.3 is 4.90 Å². The van der Waals surface area contributed by atoms with E-state index in [-0.39, 0.29) is 17.0 Å². The van der Waals surface area contributed by atoms with Crippen molar-refractivity contribution < 1.29 is 4.79 Å². The molecule has 3 heterocycles. The number of pyridine rings is 1. The number of hydrogen-bond acceptors (Lipinski definition) is 3. The molecule has 2 fully saturated rings. The van der Waals surface area contributed by atoms with Gasteiger partial charge in [0.25, 0.3) is 5.91 Å². The second-order valence-corrected chi connectivity index (χ2v) is 9.61. The van der Waals surface area contributed by atoms with E-state index in [0.717, 1.165) is 47.4 Å². The molecule has 2 aromatic rings. The van der Waals surface area contributed by atoms with Gasteiger partial charge in [0, 0.05) is 23.7 Å². The molecule has 1 aliphatic heterocycles. The molecule has 0 aromatic carbocycles. The second kappa shape index (κ2) is 5.54. The van der Waals surface area contributed by atoms with Gasteiger partial charge in [-0.1, -0.05) is 0 Å². The van der Waals surface area contributed by atoms with E-state index in [4.69, 9.17) is 10.1 Å². The zero-order valence-corrected chi connectivity index (χ0v) is 16.9. The van der Waals surface area contributed by atoms with E-state index in [9.17, 15) is 4.79 Å². The molecule has 2 aliphatic rings. The average molecular weight is 354 g/mol. The highest BCUT2D eigenvalue weighted by atomic mass is 16.2. The number of amides is 1. The van der Waals surface area contributed by atoms with Gasteiger partial charge in [-0.25, -0.2) is 9.67 Å². The van der Waals surface area contributed by atoms with E-state index in [1.165, 1.54) is 12.8 Å². The smallest absolute Gasteiger partial charge is 0.255 e. The highest BCUT2D eigenvalue weighted by Gasteiger charge is 2.38. The SMILES string of the molecule is Cc1nn(C(C)(C)C)c2nc(C3CC3)cc(C(=O)N3CCCC3(C)C)c12. The number of nitrogens with zero attached hydrogens (tertiary/aromatic N) is 4. The van der Waals surface area contributed by atoms with Crippen molar-refractivity contribution >= 4 is 16.9 Å². The van der Waals surface area contributed by atoms with Crippen LogP contribution in [0.2, 0.25) is 0 Å². The van der Waals surface area contributed by atoms with Crippen molar-refractivity contribution in [2.45, 2.75) is 84.2 Å². The number of carbonyl (C=O) groups excluding carboxylic acids is 1. The van der Waals surface area contributed by atoms with Crippen molar-refractivity contribution in [2.75, 3.05) is 6.54 Å². The maximum atomic E-state index is 13.5. The standard InChI is InChI=1S/C21H30N4O/c1-13-17-15(19(26)24-11-7-10-21(24,5)6)12-16(14-8-9-14)22-18(17)25(23-13)20(2,3)4/h12,14H,7-11H2,1-6H3. The normalized spacial score (nSPS) is 20.2. The monoisotopic (exact) mass is 354 g/mol. The molecule has 0 N–H and O–H groups in total. The minimum atomic E-state index is -0.172. The maximum Gasteiger partial charge on any atom is 0.255 e. The molecule has 140 valence electrons. The van der Waals surface area contributed by atoms with E-state index in [1.807, 2.05) is 16.5 Å². The Balaban J connectivity index is 1.93. The van der Waals surface area contributed by atoms with Crippen molar-refractivity contribution in [1.29, 1.82) is 0 Å². The summed E-state index contributed by atoms with van der Waals surface area (Å²) in [6, 6.07) is 2.05. The fraction of sp³-hybridized carbons (Fsp3) is 0.667. The Hall–Kier alpha value is -1.91. The largest absolute Gasteiger partial charge is 0.334 e. The summed E-state index contributed by atoms with van der Waals surface area (Å²) in [4.78, 5) is 20.6. The van der Waals surface area contributed by atoms with Crippen LogP contribution >= 0.6 is 0 Å². The summed E-state index contributed by atoms with van der Waals surface area (Å²) in [5, 5.41) is 5.70. The predicted octanol–water partition coefficient (Wildman–Crippen LogP) is 4.39. The first-order chi connectivity index (χ1) is 12.1. The van der Waals surface area contributed by atoms with Crippen molar-refractivity contribution in [3.63, 3.8) is 0 Å². The number of likely N-dealkylation sites (tertiary alicyclic amines) is 1. The molecule has 0 bridgehead atoms. The van der Waals surface area contributed by atoms with Crippen LogP contribution in [0.4, 0.5) is 0 Å². The Bertz CT molecular complexity index is 884. The van der Waals surface area contributed by atoms with Gasteiger partial charge >= 0.3 is 0 Å². The summed E-state index contributed by atoms with van der Waals surface area (Å²) < 4.78 is 2.00. The molecule has 1 aliphatic carbocycles. The third kappa shape index (κ3) is 2.72. The first-order valence-corrected chi connectivity index (χ1v) is 9.82. The fourth-order valence-electron chi connectivity index (χ4n) is 4.16. The van der Waals surface area contributed by atoms with Crippen LogP contribution in [0.5, 0.6) is 0 Å². The third-order valence-electron chi connectivity index (χ3n) is 5.84. The Morgan fingerprint density at radius 3 is 2.50 bits per heavy atom. The molecule has 5 nitrogen and oxygen atoms in total. The molecule has 4 rings (SSSR count). The quantitative estimate of drug-likeness (QED) is 0.804. The lowest BCUT2D eigenvalue weighted by molar-refractivity contribution is 0.0654. The molecule has 26 heavy (non-hydrogen) atoms. The van der Waals surface area contributed by atoms with Crippen LogP contribution in [-0.2, 0) is 5.54 Å². The number of carbonyl (C=O) groups is 1. The van der Waals surface area contributed by atoms with E-state index in [0.29, 0.717) is 5.92 Å². The number of hydrogen-bond donors (Lipinski definition) is 0. The van der Waals surface area contributed by atoms with E-state index in [2.05, 4.69) is 40.7 Å². The third-order valence-corrected chi connectivity index (χ3v) is 5.84. The molecular formula is C21H30N4O. The number of aromatic nitrogens is 3. The van der Waals surface area contributed by atoms with Gasteiger partial charge in [0.2, 0.25) is 0 Å². The molecule has 0 radical (unpaired) electrons. The molecule has 1 saturated carbocycles. The predicted molar refractivity (Wildman–Crippen MR) is 104 cm³/mol. The van der Waals surface area contributed by atoms with Gasteiger partial charge in [-0.05, 0) is 73.3 Å². The van der Waals surface area contributed by atoms with Gasteiger partial charge in [0.1, 0.15) is 0 Å². The maximum absolute atomic E-state index is 13.5. The van der Waals surface area contributed by atoms with Crippen LogP contribution in [0.3, 0.4) is 0 Å². The van der Waals surface area contributed by atoms with E-state index >= 15 is 0 Å². The number of aryl methyl sites for hydroxylation is 1. The van der Waals surface area contributed by atoms with Crippen LogP contribution in [0.25, 0.3) is 11.0 Å². The van der Waals surface area contributed by atoms with Crippen molar-refractivity contribution in [3.05, 3.63) is 23.0 Å². The molecular weight excluding hydrogens is 324 g/mol. The van der Waals surface area contributed by atoms with Crippen molar-refractivity contribution in [2.24, 2.45) is 0 Å². The molecule has 1 amide bonds. The van der Waals surface area contributed by atoms with Gasteiger partial charge in [-0.15, -0.1) is 0 Å². The summed E-state index contributed by atoms with van der Waals surface area (Å²) in [7, 11) is 0. The summed E-state index contributed by atoms with van der Waals surface area (Å²) in [6.07, 6.45) is 4.47. The van der Waals surface area contributed by atoms with E-state index in [1.54, 1.807) is 0 Å². The van der Waals surface area contributed by atoms with Gasteiger partial charge in [0.15, 0.2) is 5.65 Å². The van der Waals surface area contributed by atoms with Crippen LogP contribution in [0.1, 0.15) is 88.0 Å². The highest BCUT2D eigenvalue weighted by molar-refractivity contribution is 6.07. The van der Waals surface area contributed by atoms with Crippen LogP contribution < -0.4 is 0 Å². The number of rotatable bonds is 2. The number of fused-ring (bicyclic) bond motifs is 1. The highest BCUT2D eigenvalue weighted by Crippen LogP contribution is 2.41. The zero-order valence-electron chi connectivity index (χ0n) is 16.9. The van der Waals surface area contributed by atoms with Gasteiger partial charge in [0.05, 0.1) is 22.2 Å². The second-order valence-electron chi connectivity index (χ2n) is 9.61. The molecule has 0 atom stereocenters. The summed E-state index contributed by atoms with van der Waals surface area (Å²) in [6.45, 7) is 13.6. The topological polar surface area (TPSA) is 51.0 Å². The molecule has 0 spiro atoms. The van der Waals surface area contributed by atoms with Crippen molar-refractivity contribution in [1.82, 2.24) is 19.7 Å². The van der Waals surface area contributed by atoms with Crippen LogP contribution in [0.15, 0.2) is 6.07 Å². The fourth-order valence-corrected chi connectivity index (χ4v) is 4.16. The average Bonchev–Trinajstić information content (AvgIpc) is 3.25.